The van der Waals surface area contributed by atoms with E-state index in [1.807, 2.05) is 11.0 Å². The zero-order valence-corrected chi connectivity index (χ0v) is 12.8. The van der Waals surface area contributed by atoms with Crippen molar-refractivity contribution in [3.05, 3.63) is 22.8 Å². The molecule has 1 amide bonds. The van der Waals surface area contributed by atoms with Crippen LogP contribution in [0, 0.1) is 0 Å². The predicted octanol–water partition coefficient (Wildman–Crippen LogP) is 0.864. The fourth-order valence-electron chi connectivity index (χ4n) is 2.31. The van der Waals surface area contributed by atoms with Gasteiger partial charge in [-0.2, -0.15) is 0 Å². The van der Waals surface area contributed by atoms with E-state index in [9.17, 15) is 9.90 Å². The van der Waals surface area contributed by atoms with Crippen molar-refractivity contribution in [1.29, 1.82) is 0 Å². The summed E-state index contributed by atoms with van der Waals surface area (Å²) in [7, 11) is 1.65. The normalized spacial score (nSPS) is 22.9. The number of aliphatic hydroxyl groups excluding tert-OH is 1. The molecule has 0 saturated carbocycles. The van der Waals surface area contributed by atoms with Gasteiger partial charge in [-0.25, -0.2) is 4.98 Å². The summed E-state index contributed by atoms with van der Waals surface area (Å²) in [4.78, 5) is 18.0. The Hall–Kier alpha value is -1.02. The highest BCUT2D eigenvalue weighted by atomic mass is 79.9. The molecule has 2 atom stereocenters. The van der Waals surface area contributed by atoms with Gasteiger partial charge in [0, 0.05) is 30.4 Å². The number of methoxy groups -OCH3 is 1. The van der Waals surface area contributed by atoms with Crippen molar-refractivity contribution in [3.8, 4) is 0 Å². The Kier molecular flexibility index (Phi) is 5.47. The van der Waals surface area contributed by atoms with Crippen LogP contribution in [0.5, 0.6) is 0 Å². The van der Waals surface area contributed by atoms with Crippen LogP contribution < -0.4 is 5.32 Å². The molecular weight excluding hydrogens is 326 g/mol. The first-order valence-corrected chi connectivity index (χ1v) is 7.20. The minimum absolute atomic E-state index is 0.0245. The predicted molar refractivity (Wildman–Crippen MR) is 78.4 cm³/mol. The van der Waals surface area contributed by atoms with Crippen molar-refractivity contribution < 1.29 is 14.6 Å². The van der Waals surface area contributed by atoms with Crippen molar-refractivity contribution in [3.63, 3.8) is 0 Å². The van der Waals surface area contributed by atoms with Gasteiger partial charge in [-0.15, -0.1) is 0 Å². The molecule has 7 heteroatoms. The van der Waals surface area contributed by atoms with Gasteiger partial charge in [0.1, 0.15) is 5.82 Å². The molecule has 20 heavy (non-hydrogen) atoms. The number of anilines is 1. The van der Waals surface area contributed by atoms with Crippen molar-refractivity contribution in [2.24, 2.45) is 0 Å². The summed E-state index contributed by atoms with van der Waals surface area (Å²) in [6, 6.07) is 3.52. The summed E-state index contributed by atoms with van der Waals surface area (Å²) in [6.45, 7) is 0.912. The Morgan fingerprint density at radius 2 is 2.45 bits per heavy atom. The highest BCUT2D eigenvalue weighted by Crippen LogP contribution is 2.19. The number of hydrogen-bond acceptors (Lipinski definition) is 5. The molecule has 1 aromatic heterocycles. The maximum Gasteiger partial charge on any atom is 0.239 e. The average Bonchev–Trinajstić information content (AvgIpc) is 2.83. The van der Waals surface area contributed by atoms with E-state index >= 15 is 0 Å². The monoisotopic (exact) mass is 343 g/mol. The third kappa shape index (κ3) is 3.99. The first-order chi connectivity index (χ1) is 9.62. The molecule has 110 valence electrons. The second-order valence-corrected chi connectivity index (χ2v) is 5.68. The minimum Gasteiger partial charge on any atom is -0.395 e. The molecule has 2 N–H and O–H groups in total. The number of ether oxygens (including phenoxy) is 1. The summed E-state index contributed by atoms with van der Waals surface area (Å²) in [5.74, 6) is 0.372. The standard InChI is InChI=1S/C13H18BrN3O3/c1-20-11-4-10(8-18)17(6-11)7-13(19)16-12-3-2-9(14)5-15-12/h2-3,5,10-11,18H,4,6-8H2,1H3,(H,15,16,19)/t10-,11+/m0/s1. The fraction of sp³-hybridized carbons (Fsp3) is 0.538. The molecule has 1 aliphatic heterocycles. The number of rotatable bonds is 5. The smallest absolute Gasteiger partial charge is 0.239 e. The summed E-state index contributed by atoms with van der Waals surface area (Å²) >= 11 is 3.29. The summed E-state index contributed by atoms with van der Waals surface area (Å²) in [6.07, 6.45) is 2.45. The molecule has 0 radical (unpaired) electrons. The van der Waals surface area contributed by atoms with E-state index in [4.69, 9.17) is 4.74 Å². The molecule has 0 spiro atoms. The SMILES string of the molecule is CO[C@@H]1C[C@@H](CO)N(CC(=O)Nc2ccc(Br)cn2)C1. The number of carbonyl (C=O) groups excluding carboxylic acids is 1. The van der Waals surface area contributed by atoms with E-state index in [0.29, 0.717) is 12.4 Å². The Bertz CT molecular complexity index is 455. The van der Waals surface area contributed by atoms with Gasteiger partial charge in [-0.1, -0.05) is 0 Å². The molecule has 1 aromatic rings. The third-order valence-electron chi connectivity index (χ3n) is 3.38. The van der Waals surface area contributed by atoms with Gasteiger partial charge in [0.05, 0.1) is 19.3 Å². The lowest BCUT2D eigenvalue weighted by atomic mass is 10.2. The van der Waals surface area contributed by atoms with Crippen LogP contribution in [0.1, 0.15) is 6.42 Å². The number of amides is 1. The van der Waals surface area contributed by atoms with E-state index in [0.717, 1.165) is 10.9 Å². The third-order valence-corrected chi connectivity index (χ3v) is 3.84. The molecule has 0 bridgehead atoms. The van der Waals surface area contributed by atoms with Crippen molar-refractivity contribution in [2.45, 2.75) is 18.6 Å². The largest absolute Gasteiger partial charge is 0.395 e. The molecule has 1 saturated heterocycles. The van der Waals surface area contributed by atoms with Gasteiger partial charge < -0.3 is 15.2 Å². The van der Waals surface area contributed by atoms with Crippen LogP contribution in [-0.4, -0.2) is 59.8 Å². The molecule has 0 aliphatic carbocycles. The lowest BCUT2D eigenvalue weighted by Gasteiger charge is -2.21. The summed E-state index contributed by atoms with van der Waals surface area (Å²) in [5.41, 5.74) is 0. The first-order valence-electron chi connectivity index (χ1n) is 6.41. The van der Waals surface area contributed by atoms with Crippen molar-refractivity contribution in [2.75, 3.05) is 32.1 Å². The Labute approximate surface area is 126 Å². The highest BCUT2D eigenvalue weighted by molar-refractivity contribution is 9.10. The maximum atomic E-state index is 12.0. The van der Waals surface area contributed by atoms with Crippen LogP contribution >= 0.6 is 15.9 Å². The number of halogens is 1. The van der Waals surface area contributed by atoms with E-state index < -0.39 is 0 Å². The average molecular weight is 344 g/mol. The molecule has 6 nitrogen and oxygen atoms in total. The number of hydrogen-bond donors (Lipinski definition) is 2. The van der Waals surface area contributed by atoms with Gasteiger partial charge in [0.15, 0.2) is 0 Å². The minimum atomic E-state index is -0.143. The number of nitrogens with one attached hydrogen (secondary N) is 1. The number of carbonyl (C=O) groups is 1. The zero-order valence-electron chi connectivity index (χ0n) is 11.3. The lowest BCUT2D eigenvalue weighted by molar-refractivity contribution is -0.117. The molecule has 1 fully saturated rings. The maximum absolute atomic E-state index is 12.0. The number of nitrogens with zero attached hydrogens (tertiary/aromatic N) is 2. The first kappa shape index (κ1) is 15.4. The number of pyridine rings is 1. The number of aromatic nitrogens is 1. The fourth-order valence-corrected chi connectivity index (χ4v) is 2.54. The molecule has 0 aromatic carbocycles. The Balaban J connectivity index is 1.89. The Morgan fingerprint density at radius 3 is 3.05 bits per heavy atom. The van der Waals surface area contributed by atoms with Crippen LogP contribution in [0.4, 0.5) is 5.82 Å². The van der Waals surface area contributed by atoms with Gasteiger partial charge in [0.25, 0.3) is 0 Å². The van der Waals surface area contributed by atoms with Crippen LogP contribution in [0.3, 0.4) is 0 Å². The van der Waals surface area contributed by atoms with E-state index in [2.05, 4.69) is 26.2 Å². The van der Waals surface area contributed by atoms with Crippen molar-refractivity contribution in [1.82, 2.24) is 9.88 Å². The van der Waals surface area contributed by atoms with Gasteiger partial charge >= 0.3 is 0 Å². The lowest BCUT2D eigenvalue weighted by Crippen LogP contribution is -2.39. The molecule has 2 heterocycles. The van der Waals surface area contributed by atoms with Crippen LogP contribution in [-0.2, 0) is 9.53 Å². The van der Waals surface area contributed by atoms with Crippen LogP contribution in [0.25, 0.3) is 0 Å². The zero-order chi connectivity index (χ0) is 14.5. The summed E-state index contributed by atoms with van der Waals surface area (Å²) < 4.78 is 6.14. The topological polar surface area (TPSA) is 74.7 Å². The summed E-state index contributed by atoms with van der Waals surface area (Å²) in [5, 5.41) is 12.1. The van der Waals surface area contributed by atoms with E-state index in [1.54, 1.807) is 19.4 Å². The molecular formula is C13H18BrN3O3. The molecule has 1 aliphatic rings. The number of likely N-dealkylation sites (tertiary alicyclic amines) is 1. The number of aliphatic hydroxyl groups is 1. The van der Waals surface area contributed by atoms with Gasteiger partial charge in [-0.3, -0.25) is 9.69 Å². The quantitative estimate of drug-likeness (QED) is 0.829. The van der Waals surface area contributed by atoms with Crippen LogP contribution in [0.2, 0.25) is 0 Å². The van der Waals surface area contributed by atoms with E-state index in [1.165, 1.54) is 0 Å². The van der Waals surface area contributed by atoms with E-state index in [-0.39, 0.29) is 31.2 Å². The van der Waals surface area contributed by atoms with Gasteiger partial charge in [-0.05, 0) is 34.5 Å². The Morgan fingerprint density at radius 1 is 1.65 bits per heavy atom. The van der Waals surface area contributed by atoms with Crippen LogP contribution in [0.15, 0.2) is 22.8 Å². The highest BCUT2D eigenvalue weighted by Gasteiger charge is 2.32. The second-order valence-electron chi connectivity index (χ2n) is 4.77. The van der Waals surface area contributed by atoms with Gasteiger partial charge in [0.2, 0.25) is 5.91 Å². The second kappa shape index (κ2) is 7.12. The molecule has 2 rings (SSSR count). The van der Waals surface area contributed by atoms with Crippen molar-refractivity contribution >= 4 is 27.7 Å². The molecule has 0 unspecified atom stereocenters.